The number of sulfonamides is 1. The lowest BCUT2D eigenvalue weighted by Gasteiger charge is -2.24. The highest BCUT2D eigenvalue weighted by atomic mass is 32.2. The maximum atomic E-state index is 12.6. The number of carbonyl (C=O) groups excluding carboxylic acids is 1. The lowest BCUT2D eigenvalue weighted by Crippen LogP contribution is -2.40. The van der Waals surface area contributed by atoms with Gasteiger partial charge in [-0.15, -0.1) is 0 Å². The van der Waals surface area contributed by atoms with Gasteiger partial charge in [0.25, 0.3) is 0 Å². The van der Waals surface area contributed by atoms with Crippen LogP contribution in [0.2, 0.25) is 0 Å². The maximum absolute atomic E-state index is 12.6. The van der Waals surface area contributed by atoms with E-state index in [1.54, 1.807) is 11.1 Å². The molecular formula is C16H26N4O4S. The molecule has 0 saturated heterocycles. The smallest absolute Gasteiger partial charge is 0.248 e. The number of nitrogens with zero attached hydrogens (tertiary/aromatic N) is 3. The summed E-state index contributed by atoms with van der Waals surface area (Å²) in [6.45, 7) is 1.91. The lowest BCUT2D eigenvalue weighted by molar-refractivity contribution is -0.139. The van der Waals surface area contributed by atoms with Gasteiger partial charge in [0.15, 0.2) is 0 Å². The average Bonchev–Trinajstić information content (AvgIpc) is 3.18. The molecular weight excluding hydrogens is 344 g/mol. The largest absolute Gasteiger partial charge is 0.368 e. The van der Waals surface area contributed by atoms with E-state index < -0.39 is 10.0 Å². The predicted molar refractivity (Wildman–Crippen MR) is 92.2 cm³/mol. The molecule has 1 aliphatic heterocycles. The van der Waals surface area contributed by atoms with Crippen LogP contribution in [-0.4, -0.2) is 61.1 Å². The quantitative estimate of drug-likeness (QED) is 0.780. The number of carbonyl (C=O) groups is 1. The van der Waals surface area contributed by atoms with Crippen LogP contribution in [0.25, 0.3) is 0 Å². The van der Waals surface area contributed by atoms with Gasteiger partial charge in [-0.1, -0.05) is 12.8 Å². The number of rotatable bonds is 6. The summed E-state index contributed by atoms with van der Waals surface area (Å²) in [4.78, 5) is 14.4. The number of fused-ring (bicyclic) bond motifs is 1. The van der Waals surface area contributed by atoms with E-state index >= 15 is 0 Å². The van der Waals surface area contributed by atoms with Crippen LogP contribution in [0.4, 0.5) is 0 Å². The molecule has 1 atom stereocenters. The lowest BCUT2D eigenvalue weighted by atomic mass is 10.1. The zero-order valence-electron chi connectivity index (χ0n) is 14.6. The summed E-state index contributed by atoms with van der Waals surface area (Å²) in [7, 11) is -3.27. The van der Waals surface area contributed by atoms with E-state index in [1.165, 1.54) is 12.8 Å². The minimum Gasteiger partial charge on any atom is -0.368 e. The molecule has 0 unspecified atom stereocenters. The molecule has 25 heavy (non-hydrogen) atoms. The van der Waals surface area contributed by atoms with Crippen molar-refractivity contribution in [3.63, 3.8) is 0 Å². The summed E-state index contributed by atoms with van der Waals surface area (Å²) in [5.74, 6) is -0.0859. The topological polar surface area (TPSA) is 93.5 Å². The fourth-order valence-corrected chi connectivity index (χ4v) is 4.00. The van der Waals surface area contributed by atoms with Gasteiger partial charge in [-0.05, 0) is 18.9 Å². The van der Waals surface area contributed by atoms with E-state index in [1.807, 2.05) is 10.7 Å². The zero-order valence-corrected chi connectivity index (χ0v) is 15.4. The molecule has 2 heterocycles. The Labute approximate surface area is 148 Å². The van der Waals surface area contributed by atoms with Crippen molar-refractivity contribution in [1.82, 2.24) is 19.4 Å². The maximum Gasteiger partial charge on any atom is 0.248 e. The molecule has 2 aliphatic rings. The van der Waals surface area contributed by atoms with E-state index in [9.17, 15) is 13.2 Å². The van der Waals surface area contributed by atoms with Gasteiger partial charge in [0.1, 0.15) is 6.61 Å². The molecule has 0 radical (unpaired) electrons. The van der Waals surface area contributed by atoms with Gasteiger partial charge >= 0.3 is 0 Å². The van der Waals surface area contributed by atoms with Gasteiger partial charge in [0, 0.05) is 31.7 Å². The van der Waals surface area contributed by atoms with Crippen molar-refractivity contribution < 1.29 is 17.9 Å². The van der Waals surface area contributed by atoms with Crippen LogP contribution in [0.3, 0.4) is 0 Å². The molecule has 0 aromatic carbocycles. The second-order valence-corrected chi connectivity index (χ2v) is 8.82. The van der Waals surface area contributed by atoms with Crippen molar-refractivity contribution in [1.29, 1.82) is 0 Å². The zero-order chi connectivity index (χ0) is 17.9. The van der Waals surface area contributed by atoms with E-state index in [0.29, 0.717) is 19.6 Å². The molecule has 1 N–H and O–H groups in total. The molecule has 0 bridgehead atoms. The molecule has 1 aromatic rings. The van der Waals surface area contributed by atoms with E-state index in [4.69, 9.17) is 4.74 Å². The third-order valence-electron chi connectivity index (χ3n) is 4.80. The molecule has 3 rings (SSSR count). The minimum absolute atomic E-state index is 0.0358. The Bertz CT molecular complexity index is 697. The molecule has 1 aliphatic carbocycles. The SMILES string of the molecule is CS(=O)(=O)NC[C@@H]1CN(C(=O)COC2CCCC2)Cc2ccnn2C1. The van der Waals surface area contributed by atoms with Gasteiger partial charge in [0.05, 0.1) is 24.6 Å². The highest BCUT2D eigenvalue weighted by Crippen LogP contribution is 2.21. The number of amides is 1. The second-order valence-electron chi connectivity index (χ2n) is 6.98. The van der Waals surface area contributed by atoms with Crippen LogP contribution in [0.5, 0.6) is 0 Å². The molecule has 1 fully saturated rings. The monoisotopic (exact) mass is 370 g/mol. The normalized spacial score (nSPS) is 22.0. The number of aromatic nitrogens is 2. The van der Waals surface area contributed by atoms with Gasteiger partial charge in [-0.2, -0.15) is 5.10 Å². The van der Waals surface area contributed by atoms with Crippen LogP contribution in [-0.2, 0) is 32.6 Å². The predicted octanol–water partition coefficient (Wildman–Crippen LogP) is 0.350. The fraction of sp³-hybridized carbons (Fsp3) is 0.750. The van der Waals surface area contributed by atoms with Crippen molar-refractivity contribution >= 4 is 15.9 Å². The Morgan fingerprint density at radius 3 is 2.84 bits per heavy atom. The molecule has 1 saturated carbocycles. The van der Waals surface area contributed by atoms with E-state index in [-0.39, 0.29) is 31.1 Å². The average molecular weight is 370 g/mol. The first kappa shape index (κ1) is 18.3. The molecule has 0 spiro atoms. The van der Waals surface area contributed by atoms with Gasteiger partial charge in [-0.3, -0.25) is 9.48 Å². The van der Waals surface area contributed by atoms with Gasteiger partial charge < -0.3 is 9.64 Å². The number of nitrogens with one attached hydrogen (secondary N) is 1. The Hall–Kier alpha value is -1.45. The summed E-state index contributed by atoms with van der Waals surface area (Å²) >= 11 is 0. The van der Waals surface area contributed by atoms with Crippen LogP contribution in [0, 0.1) is 5.92 Å². The Morgan fingerprint density at radius 1 is 1.36 bits per heavy atom. The Kier molecular flexibility index (Phi) is 5.75. The third kappa shape index (κ3) is 5.26. The van der Waals surface area contributed by atoms with E-state index in [0.717, 1.165) is 24.8 Å². The molecule has 140 valence electrons. The van der Waals surface area contributed by atoms with Gasteiger partial charge in [0.2, 0.25) is 15.9 Å². The fourth-order valence-electron chi connectivity index (χ4n) is 3.46. The van der Waals surface area contributed by atoms with E-state index in [2.05, 4.69) is 9.82 Å². The first-order valence-electron chi connectivity index (χ1n) is 8.75. The van der Waals surface area contributed by atoms with Gasteiger partial charge in [-0.25, -0.2) is 13.1 Å². The summed E-state index contributed by atoms with van der Waals surface area (Å²) < 4.78 is 32.9. The van der Waals surface area contributed by atoms with Crippen LogP contribution >= 0.6 is 0 Å². The molecule has 8 nitrogen and oxygen atoms in total. The number of ether oxygens (including phenoxy) is 1. The van der Waals surface area contributed by atoms with Crippen molar-refractivity contribution in [2.45, 2.75) is 44.9 Å². The molecule has 9 heteroatoms. The first-order chi connectivity index (χ1) is 11.9. The van der Waals surface area contributed by atoms with Crippen LogP contribution in [0.15, 0.2) is 12.3 Å². The van der Waals surface area contributed by atoms with Crippen LogP contribution in [0.1, 0.15) is 31.4 Å². The highest BCUT2D eigenvalue weighted by Gasteiger charge is 2.27. The van der Waals surface area contributed by atoms with Crippen LogP contribution < -0.4 is 4.72 Å². The van der Waals surface area contributed by atoms with Crippen molar-refractivity contribution in [3.8, 4) is 0 Å². The first-order valence-corrected chi connectivity index (χ1v) is 10.6. The summed E-state index contributed by atoms with van der Waals surface area (Å²) in [5.41, 5.74) is 0.955. The molecule has 1 aromatic heterocycles. The Balaban J connectivity index is 1.63. The number of hydrogen-bond acceptors (Lipinski definition) is 5. The Morgan fingerprint density at radius 2 is 2.12 bits per heavy atom. The van der Waals surface area contributed by atoms with Crippen molar-refractivity contribution in [3.05, 3.63) is 18.0 Å². The summed E-state index contributed by atoms with van der Waals surface area (Å²) in [5, 5.41) is 4.28. The number of hydrogen-bond donors (Lipinski definition) is 1. The highest BCUT2D eigenvalue weighted by molar-refractivity contribution is 7.88. The summed E-state index contributed by atoms with van der Waals surface area (Å²) in [6.07, 6.45) is 7.44. The minimum atomic E-state index is -3.27. The third-order valence-corrected chi connectivity index (χ3v) is 5.49. The summed E-state index contributed by atoms with van der Waals surface area (Å²) in [6, 6.07) is 1.89. The van der Waals surface area contributed by atoms with Crippen molar-refractivity contribution in [2.24, 2.45) is 5.92 Å². The standard InChI is InChI=1S/C16H26N4O4S/c1-25(22,23)18-8-13-9-19(11-14-6-7-17-20(14)10-13)16(21)12-24-15-4-2-3-5-15/h6-7,13,15,18H,2-5,8-12H2,1H3/t13-/m1/s1. The second kappa shape index (κ2) is 7.84. The van der Waals surface area contributed by atoms with Crippen molar-refractivity contribution in [2.75, 3.05) is 26.0 Å². The molecule has 1 amide bonds.